The molecule has 0 N–H and O–H groups in total. The van der Waals surface area contributed by atoms with Gasteiger partial charge in [0.05, 0.1) is 0 Å². The van der Waals surface area contributed by atoms with Gasteiger partial charge < -0.3 is 9.64 Å². The molecule has 0 saturated heterocycles. The molecule has 0 spiro atoms. The van der Waals surface area contributed by atoms with Gasteiger partial charge in [-0.15, -0.1) is 0 Å². The Hall–Kier alpha value is -2.07. The monoisotopic (exact) mass is 335 g/mol. The van der Waals surface area contributed by atoms with Gasteiger partial charge in [-0.3, -0.25) is 4.79 Å². The summed E-state index contributed by atoms with van der Waals surface area (Å²) in [6.07, 6.45) is -0.674. The van der Waals surface area contributed by atoms with Crippen LogP contribution in [-0.2, 0) is 11.3 Å². The van der Waals surface area contributed by atoms with Crippen molar-refractivity contribution in [2.75, 3.05) is 7.05 Å². The van der Waals surface area contributed by atoms with E-state index in [4.69, 9.17) is 16.3 Å². The quantitative estimate of drug-likeness (QED) is 0.819. The number of hydrogen-bond donors (Lipinski definition) is 0. The fourth-order valence-corrected chi connectivity index (χ4v) is 2.48. The number of halogens is 2. The Labute approximate surface area is 140 Å². The van der Waals surface area contributed by atoms with Crippen LogP contribution in [0, 0.1) is 12.7 Å². The second-order valence-corrected chi connectivity index (χ2v) is 5.89. The molecule has 2 aromatic carbocycles. The van der Waals surface area contributed by atoms with Gasteiger partial charge in [0, 0.05) is 24.2 Å². The Morgan fingerprint density at radius 1 is 1.30 bits per heavy atom. The molecule has 1 amide bonds. The maximum absolute atomic E-state index is 13.7. The Morgan fingerprint density at radius 3 is 2.65 bits per heavy atom. The van der Waals surface area contributed by atoms with Crippen molar-refractivity contribution in [3.8, 4) is 5.75 Å². The highest BCUT2D eigenvalue weighted by Gasteiger charge is 2.20. The van der Waals surface area contributed by atoms with Gasteiger partial charge in [0.15, 0.2) is 6.10 Å². The largest absolute Gasteiger partial charge is 0.481 e. The lowest BCUT2D eigenvalue weighted by Crippen LogP contribution is -2.37. The fourth-order valence-electron chi connectivity index (χ4n) is 2.26. The number of rotatable bonds is 5. The number of benzene rings is 2. The number of amides is 1. The van der Waals surface area contributed by atoms with Gasteiger partial charge in [0.2, 0.25) is 0 Å². The highest BCUT2D eigenvalue weighted by atomic mass is 35.5. The van der Waals surface area contributed by atoms with Crippen molar-refractivity contribution < 1.29 is 13.9 Å². The molecule has 122 valence electrons. The molecule has 0 radical (unpaired) electrons. The molecule has 2 rings (SSSR count). The molecule has 1 unspecified atom stereocenters. The van der Waals surface area contributed by atoms with Crippen LogP contribution >= 0.6 is 11.6 Å². The van der Waals surface area contributed by atoms with Crippen molar-refractivity contribution in [2.24, 2.45) is 0 Å². The topological polar surface area (TPSA) is 29.5 Å². The predicted molar refractivity (Wildman–Crippen MR) is 89.2 cm³/mol. The lowest BCUT2D eigenvalue weighted by atomic mass is 10.2. The molecule has 0 aliphatic carbocycles. The molecule has 0 saturated carbocycles. The number of ether oxygens (including phenoxy) is 1. The average Bonchev–Trinajstić information content (AvgIpc) is 2.51. The maximum atomic E-state index is 13.7. The highest BCUT2D eigenvalue weighted by Crippen LogP contribution is 2.23. The number of likely N-dealkylation sites (N-methyl/N-ethyl adjacent to an activating group) is 1. The summed E-state index contributed by atoms with van der Waals surface area (Å²) in [4.78, 5) is 13.8. The van der Waals surface area contributed by atoms with Crippen molar-refractivity contribution in [3.63, 3.8) is 0 Å². The molecule has 0 bridgehead atoms. The zero-order chi connectivity index (χ0) is 17.0. The summed E-state index contributed by atoms with van der Waals surface area (Å²) in [5, 5.41) is 0.616. The number of hydrogen-bond acceptors (Lipinski definition) is 2. The van der Waals surface area contributed by atoms with Crippen LogP contribution in [0.4, 0.5) is 4.39 Å². The Balaban J connectivity index is 2.02. The molecular formula is C18H19ClFNO2. The number of aryl methyl sites for hydroxylation is 1. The van der Waals surface area contributed by atoms with Gasteiger partial charge in [-0.2, -0.15) is 0 Å². The summed E-state index contributed by atoms with van der Waals surface area (Å²) in [5.74, 6) is 0.0615. The van der Waals surface area contributed by atoms with Gasteiger partial charge in [-0.1, -0.05) is 29.8 Å². The summed E-state index contributed by atoms with van der Waals surface area (Å²) < 4.78 is 19.4. The minimum absolute atomic E-state index is 0.193. The Morgan fingerprint density at radius 2 is 2.00 bits per heavy atom. The lowest BCUT2D eigenvalue weighted by molar-refractivity contribution is -0.137. The second-order valence-electron chi connectivity index (χ2n) is 5.46. The van der Waals surface area contributed by atoms with E-state index in [0.29, 0.717) is 16.3 Å². The number of nitrogens with zero attached hydrogens (tertiary/aromatic N) is 1. The van der Waals surface area contributed by atoms with Crippen molar-refractivity contribution >= 4 is 17.5 Å². The molecule has 3 nitrogen and oxygen atoms in total. The normalized spacial score (nSPS) is 11.9. The van der Waals surface area contributed by atoms with Crippen LogP contribution in [-0.4, -0.2) is 24.0 Å². The third-order valence-corrected chi connectivity index (χ3v) is 3.77. The molecule has 5 heteroatoms. The zero-order valence-electron chi connectivity index (χ0n) is 13.3. The molecular weight excluding hydrogens is 317 g/mol. The standard InChI is InChI=1S/C18H19ClFNO2/c1-12-10-15(19)8-9-17(12)23-13(2)18(22)21(3)11-14-6-4-5-7-16(14)20/h4-10,13H,11H2,1-3H3. The molecule has 0 aromatic heterocycles. The summed E-state index contributed by atoms with van der Waals surface area (Å²) in [5.41, 5.74) is 1.33. The van der Waals surface area contributed by atoms with Gasteiger partial charge in [0.1, 0.15) is 11.6 Å². The molecule has 23 heavy (non-hydrogen) atoms. The summed E-state index contributed by atoms with van der Waals surface area (Å²) >= 11 is 5.91. The van der Waals surface area contributed by atoms with E-state index < -0.39 is 6.10 Å². The van der Waals surface area contributed by atoms with Crippen LogP contribution in [0.1, 0.15) is 18.1 Å². The molecule has 0 heterocycles. The first-order valence-corrected chi connectivity index (χ1v) is 7.67. The molecule has 1 atom stereocenters. The first-order valence-electron chi connectivity index (χ1n) is 7.29. The van der Waals surface area contributed by atoms with E-state index in [1.165, 1.54) is 11.0 Å². The van der Waals surface area contributed by atoms with Crippen LogP contribution in [0.15, 0.2) is 42.5 Å². The maximum Gasteiger partial charge on any atom is 0.263 e. The van der Waals surface area contributed by atoms with Crippen molar-refractivity contribution in [2.45, 2.75) is 26.5 Å². The third-order valence-electron chi connectivity index (χ3n) is 3.53. The van der Waals surface area contributed by atoms with Crippen molar-refractivity contribution in [3.05, 3.63) is 64.4 Å². The SMILES string of the molecule is Cc1cc(Cl)ccc1OC(C)C(=O)N(C)Cc1ccccc1F. The third kappa shape index (κ3) is 4.45. The summed E-state index contributed by atoms with van der Waals surface area (Å²) in [6, 6.07) is 11.6. The van der Waals surface area contributed by atoms with Crippen LogP contribution in [0.25, 0.3) is 0 Å². The van der Waals surface area contributed by atoms with E-state index >= 15 is 0 Å². The molecule has 2 aromatic rings. The smallest absolute Gasteiger partial charge is 0.263 e. The van der Waals surface area contributed by atoms with Gasteiger partial charge in [-0.25, -0.2) is 4.39 Å². The van der Waals surface area contributed by atoms with Crippen LogP contribution in [0.5, 0.6) is 5.75 Å². The molecule has 0 aliphatic rings. The van der Waals surface area contributed by atoms with Crippen molar-refractivity contribution in [1.29, 1.82) is 0 Å². The minimum atomic E-state index is -0.674. The van der Waals surface area contributed by atoms with E-state index in [-0.39, 0.29) is 18.3 Å². The zero-order valence-corrected chi connectivity index (χ0v) is 14.1. The van der Waals surface area contributed by atoms with Crippen LogP contribution in [0.3, 0.4) is 0 Å². The molecule has 0 aliphatic heterocycles. The number of carbonyl (C=O) groups is 1. The Kier molecular flexibility index (Phi) is 5.61. The fraction of sp³-hybridized carbons (Fsp3) is 0.278. The highest BCUT2D eigenvalue weighted by molar-refractivity contribution is 6.30. The van der Waals surface area contributed by atoms with E-state index in [9.17, 15) is 9.18 Å². The first kappa shape index (κ1) is 17.3. The Bertz CT molecular complexity index is 705. The van der Waals surface area contributed by atoms with E-state index in [1.54, 1.807) is 50.4 Å². The van der Waals surface area contributed by atoms with E-state index in [0.717, 1.165) is 5.56 Å². The summed E-state index contributed by atoms with van der Waals surface area (Å²) in [6.45, 7) is 3.73. The van der Waals surface area contributed by atoms with Crippen LogP contribution < -0.4 is 4.74 Å². The molecule has 0 fully saturated rings. The van der Waals surface area contributed by atoms with E-state index in [1.807, 2.05) is 6.92 Å². The van der Waals surface area contributed by atoms with Crippen LogP contribution in [0.2, 0.25) is 5.02 Å². The van der Waals surface area contributed by atoms with E-state index in [2.05, 4.69) is 0 Å². The lowest BCUT2D eigenvalue weighted by Gasteiger charge is -2.23. The average molecular weight is 336 g/mol. The van der Waals surface area contributed by atoms with Gasteiger partial charge in [-0.05, 0) is 43.7 Å². The second kappa shape index (κ2) is 7.47. The predicted octanol–water partition coefficient (Wildman–Crippen LogP) is 4.21. The van der Waals surface area contributed by atoms with Crippen molar-refractivity contribution in [1.82, 2.24) is 4.90 Å². The van der Waals surface area contributed by atoms with Gasteiger partial charge in [0.25, 0.3) is 5.91 Å². The first-order chi connectivity index (χ1) is 10.9. The minimum Gasteiger partial charge on any atom is -0.481 e. The summed E-state index contributed by atoms with van der Waals surface area (Å²) in [7, 11) is 1.63. The van der Waals surface area contributed by atoms with Gasteiger partial charge >= 0.3 is 0 Å². The number of carbonyl (C=O) groups excluding carboxylic acids is 1.